The molecule has 0 spiro atoms. The van der Waals surface area contributed by atoms with Crippen LogP contribution >= 0.6 is 7.37 Å². The number of Topliss-reactive ketones (excluding diaryl/α,β-unsaturated/α-hetero) is 3. The first-order valence-corrected chi connectivity index (χ1v) is 27.7. The Morgan fingerprint density at radius 3 is 2.23 bits per heavy atom. The number of ketones is 3. The van der Waals surface area contributed by atoms with E-state index in [-0.39, 0.29) is 60.9 Å². The van der Waals surface area contributed by atoms with Crippen LogP contribution in [0.25, 0.3) is 0 Å². The zero-order valence-electron chi connectivity index (χ0n) is 43.4. The number of nitrogens with zero attached hydrogens (tertiary/aromatic N) is 1. The minimum atomic E-state index is -2.79. The van der Waals surface area contributed by atoms with Crippen LogP contribution in [0.1, 0.15) is 126 Å². The maximum Gasteiger partial charge on any atom is 0.329 e. The highest BCUT2D eigenvalue weighted by atomic mass is 31.2. The highest BCUT2D eigenvalue weighted by Crippen LogP contribution is 2.45. The Morgan fingerprint density at radius 1 is 0.870 bits per heavy atom. The number of rotatable bonds is 8. The monoisotopic (exact) mass is 990 g/mol. The van der Waals surface area contributed by atoms with Gasteiger partial charge in [0.25, 0.3) is 11.7 Å². The Balaban J connectivity index is 1.70. The number of carbonyl (C=O) groups excluding carboxylic acids is 5. The molecule has 3 aliphatic heterocycles. The third-order valence-electron chi connectivity index (χ3n) is 14.9. The molecule has 3 heterocycles. The zero-order valence-corrected chi connectivity index (χ0v) is 44.3. The molecule has 2 N–H and O–H groups in total. The molecule has 0 aromatic heterocycles. The Labute approximate surface area is 411 Å². The Bertz CT molecular complexity index is 1940. The van der Waals surface area contributed by atoms with Gasteiger partial charge in [-0.05, 0) is 107 Å². The molecular formula is C53H84NO14P. The first kappa shape index (κ1) is 58.4. The van der Waals surface area contributed by atoms with E-state index in [1.165, 1.54) is 12.0 Å². The number of methoxy groups -OCH3 is 3. The highest BCUT2D eigenvalue weighted by molar-refractivity contribution is 7.57. The van der Waals surface area contributed by atoms with E-state index in [1.807, 2.05) is 58.1 Å². The fourth-order valence-electron chi connectivity index (χ4n) is 10.6. The molecule has 16 heteroatoms. The summed E-state index contributed by atoms with van der Waals surface area (Å²) in [6, 6.07) is -1.16. The van der Waals surface area contributed by atoms with E-state index in [2.05, 4.69) is 0 Å². The summed E-state index contributed by atoms with van der Waals surface area (Å²) in [5.41, 5.74) is 1.18. The van der Waals surface area contributed by atoms with Crippen molar-refractivity contribution >= 4 is 36.6 Å². The largest absolute Gasteiger partial charge is 0.460 e. The summed E-state index contributed by atoms with van der Waals surface area (Å²) in [6.07, 6.45) is 11.4. The average Bonchev–Trinajstić information content (AvgIpc) is 3.30. The topological polar surface area (TPSA) is 201 Å². The van der Waals surface area contributed by atoms with Gasteiger partial charge in [-0.2, -0.15) is 0 Å². The maximum atomic E-state index is 14.5. The molecule has 390 valence electrons. The third-order valence-corrected chi connectivity index (χ3v) is 15.6. The van der Waals surface area contributed by atoms with Crippen molar-refractivity contribution in [2.45, 2.75) is 180 Å². The molecule has 15 nitrogen and oxygen atoms in total. The van der Waals surface area contributed by atoms with Crippen molar-refractivity contribution in [3.63, 3.8) is 0 Å². The number of amides is 1. The van der Waals surface area contributed by atoms with E-state index in [9.17, 15) is 38.8 Å². The third kappa shape index (κ3) is 16.2. The number of carbonyl (C=O) groups is 5. The summed E-state index contributed by atoms with van der Waals surface area (Å²) in [5, 5.41) is 23.5. The number of hydrogen-bond donors (Lipinski definition) is 2. The van der Waals surface area contributed by atoms with Crippen LogP contribution in [-0.4, -0.2) is 140 Å². The molecule has 1 amide bonds. The molecule has 2 saturated heterocycles. The van der Waals surface area contributed by atoms with Crippen molar-refractivity contribution in [1.29, 1.82) is 0 Å². The number of ether oxygens (including phenoxy) is 5. The van der Waals surface area contributed by atoms with Gasteiger partial charge in [0.15, 0.2) is 18.9 Å². The Morgan fingerprint density at radius 2 is 1.58 bits per heavy atom. The number of esters is 1. The number of piperidine rings is 1. The molecule has 1 unspecified atom stereocenters. The smallest absolute Gasteiger partial charge is 0.329 e. The van der Waals surface area contributed by atoms with E-state index in [1.54, 1.807) is 54.4 Å². The van der Waals surface area contributed by atoms with Crippen molar-refractivity contribution in [3.05, 3.63) is 47.6 Å². The SMILES string of the molecule is CO[C@H]1C[C@@H]2CC[C@@H](C)[C@@](O)(O2)C(=O)C(=O)N2CCCC[C@H]2C(=O)O[C@H]([C@H](C)C[C@@H]2CC[C@@H](OP(C)(C)=O)[C@H](OC)C2)CC(=O)/C(C)=C\C(C)[C@@H](O)[C@@H](OC)C(=O)[C@H](C)C[C@H](C)C=CC=CC=C1C. The Kier molecular flexibility index (Phi) is 22.5. The van der Waals surface area contributed by atoms with Gasteiger partial charge in [-0.25, -0.2) is 4.79 Å². The molecule has 15 atom stereocenters. The molecule has 3 fully saturated rings. The molecule has 4 rings (SSSR count). The molecular weight excluding hydrogens is 906 g/mol. The average molecular weight is 990 g/mol. The van der Waals surface area contributed by atoms with Crippen LogP contribution in [0.3, 0.4) is 0 Å². The molecule has 0 radical (unpaired) electrons. The van der Waals surface area contributed by atoms with Gasteiger partial charge in [0.1, 0.15) is 18.2 Å². The standard InChI is InChI=1S/C53H84NO14P/c1-32-18-14-13-15-19-33(2)44(63-8)30-40-23-21-38(7)53(61,67-40)50(58)51(59)54-25-17-16-20-41(54)52(60)66-45(35(4)28-39-22-24-43(46(29-39)64-9)68-69(11,12)62)31-42(55)34(3)27-37(6)48(57)49(65-10)47(56)36(5)26-32/h13-15,18-19,27,32,35-41,43-46,48-49,57,61H,16-17,20-26,28-31H2,1-12H3/b15-13?,18-14?,33-19?,34-27-/t32-,35-,36-,37?,38-,39+,40+,41+,43-,44+,45+,46-,48-,49+,53-/m1/s1. The van der Waals surface area contributed by atoms with E-state index >= 15 is 0 Å². The van der Waals surface area contributed by atoms with Gasteiger partial charge in [-0.1, -0.05) is 71.1 Å². The lowest BCUT2D eigenvalue weighted by Crippen LogP contribution is -2.61. The van der Waals surface area contributed by atoms with Crippen molar-refractivity contribution < 1.29 is 67.0 Å². The second-order valence-corrected chi connectivity index (χ2v) is 23.6. The van der Waals surface area contributed by atoms with Gasteiger partial charge in [0.05, 0.1) is 30.5 Å². The first-order valence-electron chi connectivity index (χ1n) is 25.2. The molecule has 4 aliphatic rings. The van der Waals surface area contributed by atoms with E-state index in [0.717, 1.165) is 12.0 Å². The number of fused-ring (bicyclic) bond motifs is 3. The lowest BCUT2D eigenvalue weighted by molar-refractivity contribution is -0.265. The molecule has 0 aromatic rings. The van der Waals surface area contributed by atoms with Crippen LogP contribution in [-0.2, 0) is 56.7 Å². The lowest BCUT2D eigenvalue weighted by atomic mass is 9.78. The number of allylic oxidation sites excluding steroid dienone is 6. The normalized spacial score (nSPS) is 37.3. The van der Waals surface area contributed by atoms with Gasteiger partial charge < -0.3 is 43.3 Å². The fourth-order valence-corrected chi connectivity index (χ4v) is 11.5. The summed E-state index contributed by atoms with van der Waals surface area (Å²) in [6.45, 7) is 15.9. The molecule has 2 bridgehead atoms. The summed E-state index contributed by atoms with van der Waals surface area (Å²) in [4.78, 5) is 72.2. The quantitative estimate of drug-likeness (QED) is 0.136. The van der Waals surface area contributed by atoms with E-state index < -0.39 is 85.1 Å². The van der Waals surface area contributed by atoms with Crippen molar-refractivity contribution in [3.8, 4) is 0 Å². The number of aliphatic hydroxyl groups excluding tert-OH is 1. The van der Waals surface area contributed by atoms with Gasteiger partial charge >= 0.3 is 5.97 Å². The highest BCUT2D eigenvalue weighted by Gasteiger charge is 2.53. The van der Waals surface area contributed by atoms with Crippen LogP contribution in [0.15, 0.2) is 47.6 Å². The number of aliphatic hydroxyl groups is 2. The van der Waals surface area contributed by atoms with Crippen molar-refractivity contribution in [1.82, 2.24) is 4.90 Å². The second-order valence-electron chi connectivity index (χ2n) is 20.9. The van der Waals surface area contributed by atoms with Crippen LogP contribution in [0.4, 0.5) is 0 Å². The lowest BCUT2D eigenvalue weighted by Gasteiger charge is -2.42. The van der Waals surface area contributed by atoms with Gasteiger partial charge in [0.2, 0.25) is 5.79 Å². The van der Waals surface area contributed by atoms with Crippen LogP contribution < -0.4 is 0 Å². The second kappa shape index (κ2) is 26.5. The summed E-state index contributed by atoms with van der Waals surface area (Å²) in [7, 11) is 1.76. The van der Waals surface area contributed by atoms with Crippen LogP contribution in [0.2, 0.25) is 0 Å². The minimum Gasteiger partial charge on any atom is -0.460 e. The predicted octanol–water partition coefficient (Wildman–Crippen LogP) is 7.74. The van der Waals surface area contributed by atoms with E-state index in [0.29, 0.717) is 63.4 Å². The molecule has 0 aromatic carbocycles. The van der Waals surface area contributed by atoms with Crippen LogP contribution in [0.5, 0.6) is 0 Å². The van der Waals surface area contributed by atoms with Crippen LogP contribution in [0, 0.1) is 35.5 Å². The van der Waals surface area contributed by atoms with Gasteiger partial charge in [-0.15, -0.1) is 0 Å². The van der Waals surface area contributed by atoms with E-state index in [4.69, 9.17) is 28.2 Å². The molecule has 69 heavy (non-hydrogen) atoms. The summed E-state index contributed by atoms with van der Waals surface area (Å²) < 4.78 is 48.2. The predicted molar refractivity (Wildman–Crippen MR) is 263 cm³/mol. The zero-order chi connectivity index (χ0) is 51.4. The van der Waals surface area contributed by atoms with Crippen molar-refractivity contribution in [2.24, 2.45) is 35.5 Å². The minimum absolute atomic E-state index is 0.0144. The number of hydrogen-bond acceptors (Lipinski definition) is 14. The molecule has 1 saturated carbocycles. The molecule has 1 aliphatic carbocycles. The fraction of sp³-hybridized carbons (Fsp3) is 0.755. The van der Waals surface area contributed by atoms with Gasteiger partial charge in [0, 0.05) is 71.8 Å². The maximum absolute atomic E-state index is 14.5. The Hall–Kier alpha value is -3.14. The summed E-state index contributed by atoms with van der Waals surface area (Å²) in [5.74, 6) is -8.08. The first-order chi connectivity index (χ1) is 32.4. The number of cyclic esters (lactones) is 1. The summed E-state index contributed by atoms with van der Waals surface area (Å²) >= 11 is 0. The van der Waals surface area contributed by atoms with Crippen molar-refractivity contribution in [2.75, 3.05) is 41.2 Å². The van der Waals surface area contributed by atoms with Gasteiger partial charge in [-0.3, -0.25) is 23.7 Å².